The fourth-order valence-electron chi connectivity index (χ4n) is 1.22. The Bertz CT molecular complexity index is 537. The van der Waals surface area contributed by atoms with Crippen molar-refractivity contribution in [3.05, 3.63) is 21.9 Å². The molecule has 2 aromatic rings. The van der Waals surface area contributed by atoms with Crippen molar-refractivity contribution in [2.45, 2.75) is 17.8 Å². The van der Waals surface area contributed by atoms with Crippen molar-refractivity contribution >= 4 is 45.5 Å². The van der Waals surface area contributed by atoms with Crippen LogP contribution in [0.1, 0.15) is 10.4 Å². The van der Waals surface area contributed by atoms with Crippen molar-refractivity contribution in [3.63, 3.8) is 0 Å². The normalized spacial score (nSPS) is 10.5. The van der Waals surface area contributed by atoms with Crippen LogP contribution in [0.2, 0.25) is 0 Å². The van der Waals surface area contributed by atoms with Gasteiger partial charge in [0.2, 0.25) is 11.0 Å². The molecule has 0 aromatic carbocycles. The van der Waals surface area contributed by atoms with Crippen LogP contribution in [0.4, 0.5) is 5.13 Å². The minimum absolute atomic E-state index is 0.0124. The molecule has 0 bridgehead atoms. The minimum atomic E-state index is -0.0124. The lowest BCUT2D eigenvalue weighted by atomic mass is 10.3. The predicted octanol–water partition coefficient (Wildman–Crippen LogP) is 1.90. The molecule has 18 heavy (non-hydrogen) atoms. The van der Waals surface area contributed by atoms with Gasteiger partial charge in [0.1, 0.15) is 0 Å². The summed E-state index contributed by atoms with van der Waals surface area (Å²) >= 11 is 4.29. The zero-order chi connectivity index (χ0) is 13.0. The number of nitrogens with one attached hydrogen (secondary N) is 1. The SMILES string of the molecule is Cc1ccsc1CNC(=O)CSc1nnc(N)s1. The molecule has 2 aromatic heterocycles. The lowest BCUT2D eigenvalue weighted by molar-refractivity contribution is -0.118. The van der Waals surface area contributed by atoms with Gasteiger partial charge < -0.3 is 11.1 Å². The number of hydrogen-bond acceptors (Lipinski definition) is 7. The van der Waals surface area contributed by atoms with Crippen molar-refractivity contribution in [1.29, 1.82) is 0 Å². The lowest BCUT2D eigenvalue weighted by Crippen LogP contribution is -2.24. The second-order valence-corrected chi connectivity index (χ2v) is 6.73. The van der Waals surface area contributed by atoms with Crippen LogP contribution in [-0.2, 0) is 11.3 Å². The standard InChI is InChI=1S/C10H12N4OS3/c1-6-2-3-16-7(6)4-12-8(15)5-17-10-14-13-9(11)18-10/h2-3H,4-5H2,1H3,(H2,11,13)(H,12,15). The Balaban J connectivity index is 1.74. The van der Waals surface area contributed by atoms with Gasteiger partial charge in [-0.2, -0.15) is 0 Å². The molecule has 3 N–H and O–H groups in total. The van der Waals surface area contributed by atoms with Gasteiger partial charge in [-0.1, -0.05) is 23.1 Å². The summed E-state index contributed by atoms with van der Waals surface area (Å²) < 4.78 is 0.718. The molecule has 2 rings (SSSR count). The molecule has 96 valence electrons. The second-order valence-electron chi connectivity index (χ2n) is 3.50. The zero-order valence-corrected chi connectivity index (χ0v) is 12.1. The summed E-state index contributed by atoms with van der Waals surface area (Å²) in [6, 6.07) is 2.05. The Morgan fingerprint density at radius 2 is 2.39 bits per heavy atom. The molecule has 0 saturated carbocycles. The maximum Gasteiger partial charge on any atom is 0.230 e. The summed E-state index contributed by atoms with van der Waals surface area (Å²) in [5.41, 5.74) is 6.67. The topological polar surface area (TPSA) is 80.9 Å². The first-order valence-electron chi connectivity index (χ1n) is 5.16. The summed E-state index contributed by atoms with van der Waals surface area (Å²) in [5.74, 6) is 0.320. The van der Waals surface area contributed by atoms with Gasteiger partial charge >= 0.3 is 0 Å². The lowest BCUT2D eigenvalue weighted by Gasteiger charge is -2.03. The monoisotopic (exact) mass is 300 g/mol. The van der Waals surface area contributed by atoms with E-state index in [0.717, 1.165) is 4.34 Å². The van der Waals surface area contributed by atoms with Crippen LogP contribution >= 0.6 is 34.4 Å². The van der Waals surface area contributed by atoms with E-state index in [4.69, 9.17) is 5.73 Å². The third-order valence-corrected chi connectivity index (χ3v) is 5.07. The Kier molecular flexibility index (Phi) is 4.56. The Morgan fingerprint density at radius 3 is 3.00 bits per heavy atom. The summed E-state index contributed by atoms with van der Waals surface area (Å²) in [7, 11) is 0. The number of rotatable bonds is 5. The number of hydrogen-bond donors (Lipinski definition) is 2. The molecule has 0 spiro atoms. The van der Waals surface area contributed by atoms with E-state index in [1.165, 1.54) is 33.5 Å². The average molecular weight is 300 g/mol. The molecule has 5 nitrogen and oxygen atoms in total. The Hall–Kier alpha value is -1.12. The molecule has 0 aliphatic rings. The highest BCUT2D eigenvalue weighted by molar-refractivity contribution is 8.01. The molecule has 0 saturated heterocycles. The first-order chi connectivity index (χ1) is 8.65. The van der Waals surface area contributed by atoms with Crippen molar-refractivity contribution in [1.82, 2.24) is 15.5 Å². The molecule has 0 atom stereocenters. The fourth-order valence-corrected chi connectivity index (χ4v) is 3.53. The van der Waals surface area contributed by atoms with Gasteiger partial charge in [0.25, 0.3) is 0 Å². The van der Waals surface area contributed by atoms with Crippen molar-refractivity contribution in [3.8, 4) is 0 Å². The van der Waals surface area contributed by atoms with Crippen LogP contribution in [0.5, 0.6) is 0 Å². The van der Waals surface area contributed by atoms with Gasteiger partial charge in [-0.05, 0) is 23.9 Å². The quantitative estimate of drug-likeness (QED) is 0.824. The number of carbonyl (C=O) groups is 1. The van der Waals surface area contributed by atoms with Gasteiger partial charge in [-0.3, -0.25) is 4.79 Å². The molecule has 0 radical (unpaired) electrons. The molecule has 0 aliphatic carbocycles. The van der Waals surface area contributed by atoms with E-state index >= 15 is 0 Å². The zero-order valence-electron chi connectivity index (χ0n) is 9.67. The summed E-state index contributed by atoms with van der Waals surface area (Å²) in [4.78, 5) is 12.8. The third-order valence-electron chi connectivity index (χ3n) is 2.16. The fraction of sp³-hybridized carbons (Fsp3) is 0.300. The number of nitrogens with two attached hydrogens (primary N) is 1. The van der Waals surface area contributed by atoms with Gasteiger partial charge in [-0.25, -0.2) is 0 Å². The highest BCUT2D eigenvalue weighted by Gasteiger charge is 2.07. The molecule has 0 fully saturated rings. The van der Waals surface area contributed by atoms with Crippen molar-refractivity contribution < 1.29 is 4.79 Å². The molecule has 0 unspecified atom stereocenters. The van der Waals surface area contributed by atoms with E-state index in [1.807, 2.05) is 18.4 Å². The number of aromatic nitrogens is 2. The van der Waals surface area contributed by atoms with E-state index < -0.39 is 0 Å². The molecule has 1 amide bonds. The van der Waals surface area contributed by atoms with Crippen molar-refractivity contribution in [2.24, 2.45) is 0 Å². The number of carbonyl (C=O) groups excluding carboxylic acids is 1. The van der Waals surface area contributed by atoms with E-state index in [9.17, 15) is 4.79 Å². The van der Waals surface area contributed by atoms with Crippen LogP contribution in [0.25, 0.3) is 0 Å². The number of amides is 1. The van der Waals surface area contributed by atoms with Crippen LogP contribution in [0.3, 0.4) is 0 Å². The van der Waals surface area contributed by atoms with Gasteiger partial charge in [-0.15, -0.1) is 21.5 Å². The summed E-state index contributed by atoms with van der Waals surface area (Å²) in [5, 5.41) is 12.9. The van der Waals surface area contributed by atoms with Gasteiger partial charge in [0.05, 0.1) is 12.3 Å². The number of aryl methyl sites for hydroxylation is 1. The predicted molar refractivity (Wildman–Crippen MR) is 75.9 cm³/mol. The van der Waals surface area contributed by atoms with Crippen LogP contribution in [-0.4, -0.2) is 21.9 Å². The highest BCUT2D eigenvalue weighted by atomic mass is 32.2. The number of anilines is 1. The number of thiophene rings is 1. The average Bonchev–Trinajstić information content (AvgIpc) is 2.93. The largest absolute Gasteiger partial charge is 0.374 e. The molecule has 8 heteroatoms. The molecular weight excluding hydrogens is 288 g/mol. The first-order valence-corrected chi connectivity index (χ1v) is 7.85. The van der Waals surface area contributed by atoms with E-state index in [1.54, 1.807) is 11.3 Å². The van der Waals surface area contributed by atoms with Crippen LogP contribution < -0.4 is 11.1 Å². The summed E-state index contributed by atoms with van der Waals surface area (Å²) in [6.07, 6.45) is 0. The third kappa shape index (κ3) is 3.69. The van der Waals surface area contributed by atoms with E-state index in [0.29, 0.717) is 17.4 Å². The minimum Gasteiger partial charge on any atom is -0.374 e. The number of thioether (sulfide) groups is 1. The van der Waals surface area contributed by atoms with E-state index in [-0.39, 0.29) is 5.91 Å². The smallest absolute Gasteiger partial charge is 0.230 e. The Labute approximate surface area is 117 Å². The number of nitrogens with zero attached hydrogens (tertiary/aromatic N) is 2. The van der Waals surface area contributed by atoms with Crippen molar-refractivity contribution in [2.75, 3.05) is 11.5 Å². The van der Waals surface area contributed by atoms with Crippen LogP contribution in [0, 0.1) is 6.92 Å². The highest BCUT2D eigenvalue weighted by Crippen LogP contribution is 2.23. The van der Waals surface area contributed by atoms with Gasteiger partial charge in [0.15, 0.2) is 4.34 Å². The maximum atomic E-state index is 11.6. The maximum absolute atomic E-state index is 11.6. The Morgan fingerprint density at radius 1 is 1.56 bits per heavy atom. The molecule has 0 aliphatic heterocycles. The second kappa shape index (κ2) is 6.17. The number of nitrogen functional groups attached to an aromatic ring is 1. The summed E-state index contributed by atoms with van der Waals surface area (Å²) in [6.45, 7) is 2.62. The molecule has 2 heterocycles. The molecular formula is C10H12N4OS3. The van der Waals surface area contributed by atoms with Crippen LogP contribution in [0.15, 0.2) is 15.8 Å². The van der Waals surface area contributed by atoms with Gasteiger partial charge in [0, 0.05) is 4.88 Å². The first kappa shape index (κ1) is 13.3. The van der Waals surface area contributed by atoms with E-state index in [2.05, 4.69) is 15.5 Å².